The molecule has 2 aromatic rings. The summed E-state index contributed by atoms with van der Waals surface area (Å²) in [5.41, 5.74) is 4.84. The van der Waals surface area contributed by atoms with Gasteiger partial charge in [-0.25, -0.2) is 4.98 Å². The third-order valence-electron chi connectivity index (χ3n) is 4.69. The second-order valence-electron chi connectivity index (χ2n) is 6.25. The molecule has 116 valence electrons. The van der Waals surface area contributed by atoms with Crippen molar-refractivity contribution in [2.24, 2.45) is 0 Å². The van der Waals surface area contributed by atoms with Gasteiger partial charge in [-0.1, -0.05) is 0 Å². The Balaban J connectivity index is 1.42. The zero-order chi connectivity index (χ0) is 14.8. The van der Waals surface area contributed by atoms with Gasteiger partial charge in [-0.3, -0.25) is 4.90 Å². The summed E-state index contributed by atoms with van der Waals surface area (Å²) in [6.07, 6.45) is 5.59. The molecule has 2 aliphatic rings. The van der Waals surface area contributed by atoms with Crippen LogP contribution in [0.5, 0.6) is 0 Å². The highest BCUT2D eigenvalue weighted by atomic mass is 16.5. The predicted molar refractivity (Wildman–Crippen MR) is 84.9 cm³/mol. The third kappa shape index (κ3) is 2.96. The summed E-state index contributed by atoms with van der Waals surface area (Å²) in [5, 5.41) is 8.69. The lowest BCUT2D eigenvalue weighted by molar-refractivity contribution is 0.0374. The van der Waals surface area contributed by atoms with Crippen molar-refractivity contribution in [1.29, 1.82) is 0 Å². The number of benzene rings is 1. The van der Waals surface area contributed by atoms with Gasteiger partial charge in [0.25, 0.3) is 0 Å². The molecule has 1 aliphatic heterocycles. The highest BCUT2D eigenvalue weighted by Crippen LogP contribution is 2.25. The molecule has 0 bridgehead atoms. The van der Waals surface area contributed by atoms with E-state index in [4.69, 9.17) is 9.72 Å². The lowest BCUT2D eigenvalue weighted by Crippen LogP contribution is -2.37. The zero-order valence-electron chi connectivity index (χ0n) is 12.9. The molecule has 1 fully saturated rings. The van der Waals surface area contributed by atoms with Crippen molar-refractivity contribution in [1.82, 2.24) is 20.1 Å². The number of ether oxygens (including phenoxy) is 1. The van der Waals surface area contributed by atoms with Crippen LogP contribution in [0, 0.1) is 0 Å². The monoisotopic (exact) mass is 298 g/mol. The van der Waals surface area contributed by atoms with Crippen LogP contribution < -0.4 is 0 Å². The summed E-state index contributed by atoms with van der Waals surface area (Å²) in [7, 11) is 0. The second kappa shape index (κ2) is 6.26. The first-order valence-electron chi connectivity index (χ1n) is 8.34. The second-order valence-corrected chi connectivity index (χ2v) is 6.25. The van der Waals surface area contributed by atoms with E-state index < -0.39 is 0 Å². The minimum absolute atomic E-state index is 0.860. The smallest absolute Gasteiger partial charge is 0.151 e. The molecule has 0 radical (unpaired) electrons. The van der Waals surface area contributed by atoms with Gasteiger partial charge in [0.05, 0.1) is 18.7 Å². The standard InChI is InChI=1S/C17H22N4O/c1-3-13-11-15-16(12-14(13)4-1)19-20-17(18-15)5-2-6-21-7-9-22-10-8-21/h11-12H,1-10H2. The number of aromatic nitrogens is 3. The molecule has 1 aliphatic carbocycles. The van der Waals surface area contributed by atoms with Crippen LogP contribution >= 0.6 is 0 Å². The maximum absolute atomic E-state index is 5.37. The Morgan fingerprint density at radius 3 is 2.59 bits per heavy atom. The molecular weight excluding hydrogens is 276 g/mol. The Hall–Kier alpha value is -1.59. The number of nitrogens with zero attached hydrogens (tertiary/aromatic N) is 4. The first kappa shape index (κ1) is 14.0. The van der Waals surface area contributed by atoms with Crippen molar-refractivity contribution >= 4 is 11.0 Å². The predicted octanol–water partition coefficient (Wildman–Crippen LogP) is 1.78. The zero-order valence-corrected chi connectivity index (χ0v) is 12.9. The first-order valence-corrected chi connectivity index (χ1v) is 8.34. The van der Waals surface area contributed by atoms with E-state index in [2.05, 4.69) is 27.2 Å². The van der Waals surface area contributed by atoms with Crippen LogP contribution in [0.25, 0.3) is 11.0 Å². The minimum Gasteiger partial charge on any atom is -0.379 e. The Morgan fingerprint density at radius 1 is 1.00 bits per heavy atom. The number of fused-ring (bicyclic) bond motifs is 2. The Kier molecular flexibility index (Phi) is 3.99. The van der Waals surface area contributed by atoms with Crippen molar-refractivity contribution in [3.8, 4) is 0 Å². The van der Waals surface area contributed by atoms with Gasteiger partial charge in [-0.15, -0.1) is 10.2 Å². The van der Waals surface area contributed by atoms with Gasteiger partial charge >= 0.3 is 0 Å². The van der Waals surface area contributed by atoms with Gasteiger partial charge in [0, 0.05) is 19.5 Å². The van der Waals surface area contributed by atoms with E-state index in [-0.39, 0.29) is 0 Å². The molecule has 5 nitrogen and oxygen atoms in total. The van der Waals surface area contributed by atoms with Crippen molar-refractivity contribution in [2.75, 3.05) is 32.8 Å². The maximum Gasteiger partial charge on any atom is 0.151 e. The Morgan fingerprint density at radius 2 is 1.77 bits per heavy atom. The van der Waals surface area contributed by atoms with Crippen LogP contribution in [0.1, 0.15) is 29.8 Å². The summed E-state index contributed by atoms with van der Waals surface area (Å²) >= 11 is 0. The third-order valence-corrected chi connectivity index (χ3v) is 4.69. The molecule has 0 saturated carbocycles. The Bertz CT molecular complexity index is 667. The van der Waals surface area contributed by atoms with Crippen LogP contribution in [0.2, 0.25) is 0 Å². The van der Waals surface area contributed by atoms with Crippen molar-refractivity contribution in [3.05, 3.63) is 29.1 Å². The SMILES string of the molecule is c1c2c(cc3nc(CCCN4CCOCC4)nnc13)CCC2. The fraction of sp³-hybridized carbons (Fsp3) is 0.588. The quantitative estimate of drug-likeness (QED) is 0.861. The molecule has 0 atom stereocenters. The van der Waals surface area contributed by atoms with Gasteiger partial charge in [-0.2, -0.15) is 0 Å². The highest BCUT2D eigenvalue weighted by molar-refractivity contribution is 5.76. The molecule has 1 aromatic carbocycles. The largest absolute Gasteiger partial charge is 0.379 e. The number of aryl methyl sites for hydroxylation is 3. The molecule has 0 amide bonds. The van der Waals surface area contributed by atoms with Crippen molar-refractivity contribution < 1.29 is 4.74 Å². The molecular formula is C17H22N4O. The summed E-state index contributed by atoms with van der Waals surface area (Å²) in [6.45, 7) is 4.90. The molecule has 0 unspecified atom stereocenters. The molecule has 1 saturated heterocycles. The highest BCUT2D eigenvalue weighted by Gasteiger charge is 2.14. The number of hydrogen-bond donors (Lipinski definition) is 0. The minimum atomic E-state index is 0.860. The lowest BCUT2D eigenvalue weighted by atomic mass is 10.1. The van der Waals surface area contributed by atoms with E-state index in [9.17, 15) is 0 Å². The lowest BCUT2D eigenvalue weighted by Gasteiger charge is -2.26. The van der Waals surface area contributed by atoms with E-state index in [0.29, 0.717) is 0 Å². The summed E-state index contributed by atoms with van der Waals surface area (Å²) in [5.74, 6) is 0.874. The average Bonchev–Trinajstić information content (AvgIpc) is 3.01. The number of morpholine rings is 1. The fourth-order valence-corrected chi connectivity index (χ4v) is 3.43. The first-order chi connectivity index (χ1) is 10.9. The van der Waals surface area contributed by atoms with E-state index in [1.807, 2.05) is 0 Å². The van der Waals surface area contributed by atoms with Crippen LogP contribution in [0.3, 0.4) is 0 Å². The van der Waals surface area contributed by atoms with Crippen LogP contribution in [0.15, 0.2) is 12.1 Å². The molecule has 5 heteroatoms. The van der Waals surface area contributed by atoms with E-state index >= 15 is 0 Å². The molecule has 1 aromatic heterocycles. The molecule has 4 rings (SSSR count). The van der Waals surface area contributed by atoms with E-state index in [1.165, 1.54) is 30.4 Å². The van der Waals surface area contributed by atoms with Gasteiger partial charge in [0.15, 0.2) is 5.82 Å². The van der Waals surface area contributed by atoms with Crippen LogP contribution in [-0.2, 0) is 24.0 Å². The summed E-state index contributed by atoms with van der Waals surface area (Å²) in [4.78, 5) is 7.17. The fourth-order valence-electron chi connectivity index (χ4n) is 3.43. The van der Waals surface area contributed by atoms with Gasteiger partial charge < -0.3 is 4.74 Å². The van der Waals surface area contributed by atoms with Gasteiger partial charge in [-0.05, 0) is 55.5 Å². The number of hydrogen-bond acceptors (Lipinski definition) is 5. The van der Waals surface area contributed by atoms with E-state index in [1.54, 1.807) is 0 Å². The molecule has 0 N–H and O–H groups in total. The summed E-state index contributed by atoms with van der Waals surface area (Å²) < 4.78 is 5.37. The topological polar surface area (TPSA) is 51.1 Å². The van der Waals surface area contributed by atoms with Crippen molar-refractivity contribution in [3.63, 3.8) is 0 Å². The molecule has 0 spiro atoms. The van der Waals surface area contributed by atoms with E-state index in [0.717, 1.165) is 62.5 Å². The van der Waals surface area contributed by atoms with Crippen LogP contribution in [0.4, 0.5) is 0 Å². The van der Waals surface area contributed by atoms with Gasteiger partial charge in [0.1, 0.15) is 5.52 Å². The maximum atomic E-state index is 5.37. The summed E-state index contributed by atoms with van der Waals surface area (Å²) in [6, 6.07) is 4.40. The average molecular weight is 298 g/mol. The van der Waals surface area contributed by atoms with Crippen LogP contribution in [-0.4, -0.2) is 52.9 Å². The number of rotatable bonds is 4. The molecule has 2 heterocycles. The Labute approximate surface area is 130 Å². The molecule has 22 heavy (non-hydrogen) atoms. The normalized spacial score (nSPS) is 18.7. The van der Waals surface area contributed by atoms with Crippen molar-refractivity contribution in [2.45, 2.75) is 32.1 Å². The van der Waals surface area contributed by atoms with Gasteiger partial charge in [0.2, 0.25) is 0 Å².